The molecule has 2 heterocycles. The van der Waals surface area contributed by atoms with Crippen molar-refractivity contribution in [2.24, 2.45) is 5.92 Å². The zero-order chi connectivity index (χ0) is 11.9. The maximum absolute atomic E-state index is 9.93. The third-order valence-electron chi connectivity index (χ3n) is 3.61. The van der Waals surface area contributed by atoms with E-state index in [1.807, 2.05) is 16.8 Å². The molecule has 1 aliphatic rings. The van der Waals surface area contributed by atoms with Crippen molar-refractivity contribution in [3.63, 3.8) is 0 Å². The van der Waals surface area contributed by atoms with Crippen LogP contribution in [0.15, 0.2) is 16.8 Å². The molecule has 1 fully saturated rings. The molecule has 96 valence electrons. The van der Waals surface area contributed by atoms with Gasteiger partial charge in [-0.25, -0.2) is 0 Å². The molecule has 0 aromatic carbocycles. The number of aliphatic hydroxyl groups excluding tert-OH is 1. The van der Waals surface area contributed by atoms with Crippen molar-refractivity contribution in [3.05, 3.63) is 22.4 Å². The lowest BCUT2D eigenvalue weighted by Crippen LogP contribution is -2.15. The average Bonchev–Trinajstić information content (AvgIpc) is 2.89. The van der Waals surface area contributed by atoms with Gasteiger partial charge in [0.05, 0.1) is 6.10 Å². The van der Waals surface area contributed by atoms with Crippen LogP contribution in [-0.4, -0.2) is 18.3 Å². The summed E-state index contributed by atoms with van der Waals surface area (Å²) in [7, 11) is 0. The Bertz CT molecular complexity index is 291. The van der Waals surface area contributed by atoms with Crippen LogP contribution in [0.1, 0.15) is 50.2 Å². The van der Waals surface area contributed by atoms with Gasteiger partial charge in [0.2, 0.25) is 0 Å². The second-order valence-electron chi connectivity index (χ2n) is 4.91. The van der Waals surface area contributed by atoms with Gasteiger partial charge in [0.15, 0.2) is 0 Å². The van der Waals surface area contributed by atoms with Gasteiger partial charge in [-0.05, 0) is 47.6 Å². The number of ether oxygens (including phenoxy) is 1. The van der Waals surface area contributed by atoms with Crippen LogP contribution in [0.4, 0.5) is 0 Å². The minimum atomic E-state index is -0.254. The highest BCUT2D eigenvalue weighted by Crippen LogP contribution is 2.25. The SMILES string of the molecule is OC(CCCCC1CCOCC1)c1ccsc1. The predicted octanol–water partition coefficient (Wildman–Crippen LogP) is 3.77. The van der Waals surface area contributed by atoms with Crippen LogP contribution in [-0.2, 0) is 4.74 Å². The first kappa shape index (κ1) is 13.1. The van der Waals surface area contributed by atoms with Crippen molar-refractivity contribution in [1.29, 1.82) is 0 Å². The summed E-state index contributed by atoms with van der Waals surface area (Å²) in [5.41, 5.74) is 1.08. The lowest BCUT2D eigenvalue weighted by atomic mass is 9.93. The third-order valence-corrected chi connectivity index (χ3v) is 4.31. The van der Waals surface area contributed by atoms with Crippen molar-refractivity contribution in [2.45, 2.75) is 44.6 Å². The molecule has 1 aliphatic heterocycles. The molecule has 0 bridgehead atoms. The summed E-state index contributed by atoms with van der Waals surface area (Å²) in [5, 5.41) is 14.0. The van der Waals surface area contributed by atoms with Crippen molar-refractivity contribution in [2.75, 3.05) is 13.2 Å². The summed E-state index contributed by atoms with van der Waals surface area (Å²) in [4.78, 5) is 0. The van der Waals surface area contributed by atoms with E-state index >= 15 is 0 Å². The molecule has 1 aromatic heterocycles. The molecule has 1 unspecified atom stereocenters. The summed E-state index contributed by atoms with van der Waals surface area (Å²) in [5.74, 6) is 0.863. The molecular weight excluding hydrogens is 232 g/mol. The number of thiophene rings is 1. The number of aliphatic hydroxyl groups is 1. The molecule has 1 N–H and O–H groups in total. The van der Waals surface area contributed by atoms with E-state index in [4.69, 9.17) is 4.74 Å². The van der Waals surface area contributed by atoms with Crippen molar-refractivity contribution in [1.82, 2.24) is 0 Å². The van der Waals surface area contributed by atoms with Crippen LogP contribution in [0.5, 0.6) is 0 Å². The Morgan fingerprint density at radius 1 is 1.35 bits per heavy atom. The maximum Gasteiger partial charge on any atom is 0.0798 e. The first-order chi connectivity index (χ1) is 8.36. The van der Waals surface area contributed by atoms with Gasteiger partial charge in [-0.2, -0.15) is 11.3 Å². The Kier molecular flexibility index (Phi) is 5.49. The Morgan fingerprint density at radius 2 is 2.18 bits per heavy atom. The molecule has 0 amide bonds. The van der Waals surface area contributed by atoms with E-state index in [1.54, 1.807) is 11.3 Å². The van der Waals surface area contributed by atoms with Gasteiger partial charge in [-0.3, -0.25) is 0 Å². The Labute approximate surface area is 108 Å². The van der Waals surface area contributed by atoms with E-state index in [0.717, 1.165) is 37.5 Å². The Hall–Kier alpha value is -0.380. The lowest BCUT2D eigenvalue weighted by Gasteiger charge is -2.21. The molecule has 17 heavy (non-hydrogen) atoms. The number of rotatable bonds is 6. The standard InChI is InChI=1S/C14H22O2S/c15-14(13-7-10-17-11-13)4-2-1-3-12-5-8-16-9-6-12/h7,10-12,14-15H,1-6,8-9H2. The van der Waals surface area contributed by atoms with Crippen molar-refractivity contribution in [3.8, 4) is 0 Å². The second-order valence-corrected chi connectivity index (χ2v) is 5.69. The fraction of sp³-hybridized carbons (Fsp3) is 0.714. The van der Waals surface area contributed by atoms with Crippen LogP contribution in [0.25, 0.3) is 0 Å². The summed E-state index contributed by atoms with van der Waals surface area (Å²) >= 11 is 1.66. The summed E-state index contributed by atoms with van der Waals surface area (Å²) in [6, 6.07) is 2.02. The summed E-state index contributed by atoms with van der Waals surface area (Å²) < 4.78 is 5.35. The van der Waals surface area contributed by atoms with Gasteiger partial charge in [0.1, 0.15) is 0 Å². The van der Waals surface area contributed by atoms with Gasteiger partial charge >= 0.3 is 0 Å². The second kappa shape index (κ2) is 7.14. The highest BCUT2D eigenvalue weighted by molar-refractivity contribution is 7.07. The van der Waals surface area contributed by atoms with Crippen LogP contribution in [0.2, 0.25) is 0 Å². The zero-order valence-electron chi connectivity index (χ0n) is 10.3. The first-order valence-electron chi connectivity index (χ1n) is 6.64. The van der Waals surface area contributed by atoms with E-state index in [0.29, 0.717) is 0 Å². The van der Waals surface area contributed by atoms with Crippen LogP contribution >= 0.6 is 11.3 Å². The van der Waals surface area contributed by atoms with Gasteiger partial charge < -0.3 is 9.84 Å². The Morgan fingerprint density at radius 3 is 2.88 bits per heavy atom. The molecule has 1 saturated heterocycles. The van der Waals surface area contributed by atoms with Crippen molar-refractivity contribution >= 4 is 11.3 Å². The van der Waals surface area contributed by atoms with Gasteiger partial charge in [0.25, 0.3) is 0 Å². The van der Waals surface area contributed by atoms with Crippen LogP contribution in [0, 0.1) is 5.92 Å². The summed E-state index contributed by atoms with van der Waals surface area (Å²) in [6.07, 6.45) is 6.79. The molecule has 0 saturated carbocycles. The quantitative estimate of drug-likeness (QED) is 0.783. The minimum Gasteiger partial charge on any atom is -0.388 e. The highest BCUT2D eigenvalue weighted by Gasteiger charge is 2.13. The fourth-order valence-electron chi connectivity index (χ4n) is 2.44. The van der Waals surface area contributed by atoms with Crippen LogP contribution in [0.3, 0.4) is 0 Å². The van der Waals surface area contributed by atoms with E-state index < -0.39 is 0 Å². The predicted molar refractivity (Wildman–Crippen MR) is 71.3 cm³/mol. The molecule has 3 heteroatoms. The molecule has 0 spiro atoms. The molecule has 2 nitrogen and oxygen atoms in total. The molecule has 1 atom stereocenters. The number of unbranched alkanes of at least 4 members (excludes halogenated alkanes) is 1. The van der Waals surface area contributed by atoms with E-state index in [-0.39, 0.29) is 6.10 Å². The zero-order valence-corrected chi connectivity index (χ0v) is 11.1. The average molecular weight is 254 g/mol. The number of hydrogen-bond acceptors (Lipinski definition) is 3. The highest BCUT2D eigenvalue weighted by atomic mass is 32.1. The first-order valence-corrected chi connectivity index (χ1v) is 7.58. The molecule has 0 aliphatic carbocycles. The smallest absolute Gasteiger partial charge is 0.0798 e. The van der Waals surface area contributed by atoms with Gasteiger partial charge in [0, 0.05) is 13.2 Å². The molecule has 2 rings (SSSR count). The van der Waals surface area contributed by atoms with Crippen molar-refractivity contribution < 1.29 is 9.84 Å². The molecule has 0 radical (unpaired) electrons. The fourth-order valence-corrected chi connectivity index (χ4v) is 3.14. The molecule has 1 aromatic rings. The van der Waals surface area contributed by atoms with E-state index in [9.17, 15) is 5.11 Å². The Balaban J connectivity index is 1.56. The monoisotopic (exact) mass is 254 g/mol. The third kappa shape index (κ3) is 4.41. The largest absolute Gasteiger partial charge is 0.388 e. The number of hydrogen-bond donors (Lipinski definition) is 1. The maximum atomic E-state index is 9.93. The van der Waals surface area contributed by atoms with Gasteiger partial charge in [-0.1, -0.05) is 19.3 Å². The topological polar surface area (TPSA) is 29.5 Å². The molecular formula is C14H22O2S. The summed E-state index contributed by atoms with van der Waals surface area (Å²) in [6.45, 7) is 1.89. The van der Waals surface area contributed by atoms with Gasteiger partial charge in [-0.15, -0.1) is 0 Å². The minimum absolute atomic E-state index is 0.254. The van der Waals surface area contributed by atoms with E-state index in [2.05, 4.69) is 0 Å². The van der Waals surface area contributed by atoms with Crippen LogP contribution < -0.4 is 0 Å². The van der Waals surface area contributed by atoms with E-state index in [1.165, 1.54) is 25.7 Å². The normalized spacial score (nSPS) is 19.4. The lowest BCUT2D eigenvalue weighted by molar-refractivity contribution is 0.0626.